The summed E-state index contributed by atoms with van der Waals surface area (Å²) in [6, 6.07) is 37.6. The predicted molar refractivity (Wildman–Crippen MR) is 153 cm³/mol. The third-order valence-corrected chi connectivity index (χ3v) is 8.88. The van der Waals surface area contributed by atoms with Gasteiger partial charge in [0.1, 0.15) is 18.3 Å². The van der Waals surface area contributed by atoms with Crippen LogP contribution in [0.15, 0.2) is 126 Å². The molecular weight excluding hydrogens is 524 g/mol. The topological polar surface area (TPSA) is 71.1 Å². The number of ether oxygens (including phenoxy) is 4. The minimum Gasteiger partial charge on any atom is -0.368 e. The van der Waals surface area contributed by atoms with Crippen LogP contribution in [0.3, 0.4) is 0 Å². The second-order valence-corrected chi connectivity index (χ2v) is 11.9. The van der Waals surface area contributed by atoms with Crippen LogP contribution in [0.1, 0.15) is 23.6 Å². The lowest BCUT2D eigenvalue weighted by Gasteiger charge is -2.45. The lowest BCUT2D eigenvalue weighted by atomic mass is 9.99. The summed E-state index contributed by atoms with van der Waals surface area (Å²) >= 11 is 0. The largest absolute Gasteiger partial charge is 0.368 e. The Morgan fingerprint density at radius 3 is 1.38 bits per heavy atom. The highest BCUT2D eigenvalue weighted by Gasteiger charge is 2.52. The Morgan fingerprint density at radius 2 is 0.925 bits per heavy atom. The Labute approximate surface area is 236 Å². The Balaban J connectivity index is 1.49. The van der Waals surface area contributed by atoms with Crippen LogP contribution in [-0.2, 0) is 48.6 Å². The van der Waals surface area contributed by atoms with Gasteiger partial charge in [0.2, 0.25) is 9.84 Å². The molecule has 5 rings (SSSR count). The minimum atomic E-state index is -3.94. The summed E-state index contributed by atoms with van der Waals surface area (Å²) < 4.78 is 53.5. The van der Waals surface area contributed by atoms with Crippen LogP contribution < -0.4 is 0 Å². The Morgan fingerprint density at radius 1 is 0.550 bits per heavy atom. The van der Waals surface area contributed by atoms with Crippen LogP contribution in [-0.4, -0.2) is 38.3 Å². The van der Waals surface area contributed by atoms with E-state index in [1.54, 1.807) is 30.3 Å². The molecule has 208 valence electrons. The highest BCUT2D eigenvalue weighted by Crippen LogP contribution is 2.35. The molecule has 7 heteroatoms. The Kier molecular flexibility index (Phi) is 9.41. The fourth-order valence-corrected chi connectivity index (χ4v) is 6.58. The van der Waals surface area contributed by atoms with Crippen molar-refractivity contribution < 1.29 is 27.4 Å². The molecule has 4 aromatic rings. The number of hydrogen-bond acceptors (Lipinski definition) is 6. The smallest absolute Gasteiger partial charge is 0.207 e. The molecule has 0 aromatic heterocycles. The van der Waals surface area contributed by atoms with Crippen molar-refractivity contribution in [1.82, 2.24) is 0 Å². The van der Waals surface area contributed by atoms with Crippen molar-refractivity contribution in [3.05, 3.63) is 138 Å². The molecule has 6 nitrogen and oxygen atoms in total. The first kappa shape index (κ1) is 28.2. The summed E-state index contributed by atoms with van der Waals surface area (Å²) in [5, 5.41) is 0. The van der Waals surface area contributed by atoms with Crippen LogP contribution in [0.5, 0.6) is 0 Å². The molecule has 0 radical (unpaired) electrons. The van der Waals surface area contributed by atoms with Gasteiger partial charge in [-0.3, -0.25) is 0 Å². The molecule has 1 saturated heterocycles. The van der Waals surface area contributed by atoms with Gasteiger partial charge in [0.05, 0.1) is 30.8 Å². The molecule has 5 atom stereocenters. The predicted octanol–water partition coefficient (Wildman–Crippen LogP) is 5.96. The number of benzene rings is 4. The van der Waals surface area contributed by atoms with E-state index in [2.05, 4.69) is 0 Å². The molecule has 0 N–H and O–H groups in total. The standard InChI is InChI=1S/C33H34O6S/c1-25-30(36-22-26-14-6-2-7-15-26)31(37-23-27-16-8-3-9-17-27)32(38-24-28-18-10-4-11-19-28)33(39-25)40(34,35)29-20-12-5-13-21-29/h2-21,25,30-33H,22-24H2,1H3/t25-,30-,31+,32-,33+/m1/s1. The van der Waals surface area contributed by atoms with E-state index in [1.165, 1.54) is 0 Å². The molecule has 1 aliphatic heterocycles. The molecule has 0 amide bonds. The van der Waals surface area contributed by atoms with Gasteiger partial charge in [-0.15, -0.1) is 0 Å². The second-order valence-electron chi connectivity index (χ2n) is 9.85. The number of sulfone groups is 1. The summed E-state index contributed by atoms with van der Waals surface area (Å²) in [6.45, 7) is 2.62. The van der Waals surface area contributed by atoms with Crippen LogP contribution in [0.2, 0.25) is 0 Å². The van der Waals surface area contributed by atoms with Gasteiger partial charge in [0.25, 0.3) is 0 Å². The normalized spacial score (nSPS) is 23.1. The first-order chi connectivity index (χ1) is 19.5. The van der Waals surface area contributed by atoms with Crippen molar-refractivity contribution in [1.29, 1.82) is 0 Å². The van der Waals surface area contributed by atoms with Gasteiger partial charge in [-0.2, -0.15) is 0 Å². The van der Waals surface area contributed by atoms with E-state index in [0.717, 1.165) is 16.7 Å². The van der Waals surface area contributed by atoms with Gasteiger partial charge in [-0.05, 0) is 35.7 Å². The summed E-state index contributed by atoms with van der Waals surface area (Å²) in [5.41, 5.74) is 1.59. The summed E-state index contributed by atoms with van der Waals surface area (Å²) in [5.74, 6) is 0. The minimum absolute atomic E-state index is 0.172. The SMILES string of the molecule is C[C@H]1O[C@@H](S(=O)(=O)c2ccccc2)[C@H](OCc2ccccc2)[C@@H](OCc2ccccc2)[C@@H]1OCc1ccccc1. The van der Waals surface area contributed by atoms with Crippen molar-refractivity contribution in [3.63, 3.8) is 0 Å². The maximum Gasteiger partial charge on any atom is 0.207 e. The average Bonchev–Trinajstić information content (AvgIpc) is 3.00. The molecule has 1 heterocycles. The lowest BCUT2D eigenvalue weighted by molar-refractivity contribution is -0.244. The maximum atomic E-state index is 14.0. The fourth-order valence-electron chi connectivity index (χ4n) is 4.86. The van der Waals surface area contributed by atoms with Crippen molar-refractivity contribution in [3.8, 4) is 0 Å². The fraction of sp³-hybridized carbons (Fsp3) is 0.273. The molecule has 40 heavy (non-hydrogen) atoms. The second kappa shape index (κ2) is 13.4. The zero-order valence-corrected chi connectivity index (χ0v) is 23.2. The highest BCUT2D eigenvalue weighted by atomic mass is 32.2. The summed E-state index contributed by atoms with van der Waals surface area (Å²) in [7, 11) is -3.94. The molecule has 4 aromatic carbocycles. The van der Waals surface area contributed by atoms with Gasteiger partial charge in [-0.25, -0.2) is 8.42 Å². The van der Waals surface area contributed by atoms with Crippen molar-refractivity contribution >= 4 is 9.84 Å². The molecule has 0 bridgehead atoms. The average molecular weight is 559 g/mol. The van der Waals surface area contributed by atoms with Crippen LogP contribution in [0.4, 0.5) is 0 Å². The van der Waals surface area contributed by atoms with Crippen LogP contribution >= 0.6 is 0 Å². The lowest BCUT2D eigenvalue weighted by Crippen LogP contribution is -2.61. The quantitative estimate of drug-likeness (QED) is 0.226. The van der Waals surface area contributed by atoms with E-state index in [9.17, 15) is 8.42 Å². The van der Waals surface area contributed by atoms with Crippen LogP contribution in [0.25, 0.3) is 0 Å². The van der Waals surface area contributed by atoms with Gasteiger partial charge >= 0.3 is 0 Å². The van der Waals surface area contributed by atoms with Gasteiger partial charge in [0, 0.05) is 0 Å². The van der Waals surface area contributed by atoms with E-state index in [1.807, 2.05) is 97.9 Å². The first-order valence-corrected chi connectivity index (χ1v) is 15.0. The van der Waals surface area contributed by atoms with Crippen LogP contribution in [0, 0.1) is 0 Å². The number of rotatable bonds is 11. The molecule has 0 aliphatic carbocycles. The number of hydrogen-bond donors (Lipinski definition) is 0. The first-order valence-electron chi connectivity index (χ1n) is 13.4. The summed E-state index contributed by atoms with van der Waals surface area (Å²) in [4.78, 5) is 0.172. The monoisotopic (exact) mass is 558 g/mol. The van der Waals surface area contributed by atoms with Gasteiger partial charge in [0.15, 0.2) is 5.44 Å². The van der Waals surface area contributed by atoms with Crippen molar-refractivity contribution in [2.75, 3.05) is 0 Å². The van der Waals surface area contributed by atoms with Crippen molar-refractivity contribution in [2.24, 2.45) is 0 Å². The molecular formula is C33H34O6S. The molecule has 0 unspecified atom stereocenters. The zero-order valence-electron chi connectivity index (χ0n) is 22.4. The maximum absolute atomic E-state index is 14.0. The van der Waals surface area contributed by atoms with E-state index in [-0.39, 0.29) is 18.1 Å². The van der Waals surface area contributed by atoms with E-state index in [4.69, 9.17) is 18.9 Å². The Hall–Kier alpha value is -3.33. The molecule has 1 fully saturated rings. The van der Waals surface area contributed by atoms with E-state index in [0.29, 0.717) is 6.61 Å². The van der Waals surface area contributed by atoms with E-state index < -0.39 is 39.7 Å². The zero-order chi connectivity index (χ0) is 27.8. The van der Waals surface area contributed by atoms with E-state index >= 15 is 0 Å². The van der Waals surface area contributed by atoms with Gasteiger partial charge in [-0.1, -0.05) is 109 Å². The third-order valence-electron chi connectivity index (χ3n) is 6.96. The molecule has 1 aliphatic rings. The van der Waals surface area contributed by atoms with Gasteiger partial charge < -0.3 is 18.9 Å². The molecule has 0 saturated carbocycles. The van der Waals surface area contributed by atoms with Crippen molar-refractivity contribution in [2.45, 2.75) is 61.5 Å². The third kappa shape index (κ3) is 6.86. The highest BCUT2D eigenvalue weighted by molar-refractivity contribution is 7.92. The summed E-state index contributed by atoms with van der Waals surface area (Å²) in [6.07, 6.45) is -2.83. The Bertz CT molecular complexity index is 1420. The molecule has 0 spiro atoms.